The number of nitrogens with two attached hydrogens (primary N) is 4. The number of thiophene rings is 4. The van der Waals surface area contributed by atoms with Crippen LogP contribution in [-0.4, -0.2) is 51.2 Å². The second-order valence-electron chi connectivity index (χ2n) is 25.0. The lowest BCUT2D eigenvalue weighted by Gasteiger charge is -2.13. The first-order valence-corrected chi connectivity index (χ1v) is 44.5. The summed E-state index contributed by atoms with van der Waals surface area (Å²) in [6, 6.07) is 11.0. The number of hydrogen-bond acceptors (Lipinski definition) is 22. The molecule has 540 valence electrons. The van der Waals surface area contributed by atoms with Crippen molar-refractivity contribution in [1.82, 2.24) is 51.2 Å². The molecular formula is C73H89Br5ClN15S7. The van der Waals surface area contributed by atoms with E-state index in [4.69, 9.17) is 57.6 Å². The Labute approximate surface area is 670 Å². The average molecular weight is 1840 g/mol. The largest absolute Gasteiger partial charge is 0.397 e. The van der Waals surface area contributed by atoms with Gasteiger partial charge in [-0.1, -0.05) is 170 Å². The molecule has 0 aromatic carbocycles. The predicted octanol–water partition coefficient (Wildman–Crippen LogP) is 26.2. The maximum atomic E-state index is 5.74. The third kappa shape index (κ3) is 23.2. The summed E-state index contributed by atoms with van der Waals surface area (Å²) in [4.78, 5) is 26.3. The van der Waals surface area contributed by atoms with Crippen molar-refractivity contribution in [3.8, 4) is 42.0 Å². The lowest BCUT2D eigenvalue weighted by Crippen LogP contribution is -2.03. The van der Waals surface area contributed by atoms with Gasteiger partial charge in [-0.05, 0) is 192 Å². The van der Waals surface area contributed by atoms with Crippen molar-refractivity contribution >= 4 is 228 Å². The fourth-order valence-corrected chi connectivity index (χ4v) is 19.9. The molecule has 4 unspecified atom stereocenters. The van der Waals surface area contributed by atoms with Crippen molar-refractivity contribution < 1.29 is 0 Å². The molecule has 15 nitrogen and oxygen atoms in total. The van der Waals surface area contributed by atoms with Crippen molar-refractivity contribution in [3.05, 3.63) is 127 Å². The van der Waals surface area contributed by atoms with Crippen LogP contribution in [0.15, 0.2) is 99.4 Å². The molecule has 12 rings (SSSR count). The van der Waals surface area contributed by atoms with E-state index in [0.717, 1.165) is 103 Å². The molecule has 0 saturated heterocycles. The van der Waals surface area contributed by atoms with Gasteiger partial charge in [0.25, 0.3) is 0 Å². The van der Waals surface area contributed by atoms with Crippen LogP contribution in [0.3, 0.4) is 0 Å². The molecule has 12 aromatic rings. The molecule has 0 bridgehead atoms. The molecule has 4 atom stereocenters. The number of anilines is 4. The van der Waals surface area contributed by atoms with Gasteiger partial charge in [-0.15, -0.1) is 45.3 Å². The van der Waals surface area contributed by atoms with Gasteiger partial charge in [0.05, 0.1) is 90.4 Å². The molecule has 0 spiro atoms. The number of aromatic nitrogens is 11. The molecule has 0 amide bonds. The quantitative estimate of drug-likeness (QED) is 0.0333. The first-order valence-electron chi connectivity index (χ1n) is 34.5. The van der Waals surface area contributed by atoms with Crippen LogP contribution < -0.4 is 22.9 Å². The Kier molecular flexibility index (Phi) is 34.6. The number of fused-ring (bicyclic) bond motifs is 3. The van der Waals surface area contributed by atoms with Crippen molar-refractivity contribution in [3.63, 3.8) is 0 Å². The van der Waals surface area contributed by atoms with Crippen LogP contribution in [0, 0.1) is 23.7 Å². The zero-order valence-electron chi connectivity index (χ0n) is 58.3. The van der Waals surface area contributed by atoms with Crippen LogP contribution >= 0.6 is 172 Å². The van der Waals surface area contributed by atoms with Crippen LogP contribution in [0.5, 0.6) is 0 Å². The van der Waals surface area contributed by atoms with Gasteiger partial charge in [0.15, 0.2) is 5.15 Å². The Morgan fingerprint density at radius 2 is 0.861 bits per heavy atom. The molecule has 0 saturated carbocycles. The van der Waals surface area contributed by atoms with Crippen molar-refractivity contribution in [2.24, 2.45) is 23.7 Å². The minimum Gasteiger partial charge on any atom is -0.397 e. The molecule has 12 aromatic heterocycles. The van der Waals surface area contributed by atoms with Gasteiger partial charge in [-0.2, -0.15) is 26.2 Å². The smallest absolute Gasteiger partial charge is 0.158 e. The number of hydrogen-bond donors (Lipinski definition) is 4. The van der Waals surface area contributed by atoms with Crippen LogP contribution in [0.25, 0.3) is 75.1 Å². The minimum absolute atomic E-state index is 0.400. The summed E-state index contributed by atoms with van der Waals surface area (Å²) in [5.41, 5.74) is 38.9. The van der Waals surface area contributed by atoms with Crippen molar-refractivity contribution in [2.75, 3.05) is 22.9 Å². The third-order valence-electron chi connectivity index (χ3n) is 17.8. The van der Waals surface area contributed by atoms with Crippen LogP contribution in [0.4, 0.5) is 22.7 Å². The molecule has 101 heavy (non-hydrogen) atoms. The Balaban J connectivity index is 0.000000184. The maximum absolute atomic E-state index is 5.74. The summed E-state index contributed by atoms with van der Waals surface area (Å²) in [5.74, 6) is 3.02. The van der Waals surface area contributed by atoms with E-state index in [1.54, 1.807) is 58.7 Å². The van der Waals surface area contributed by atoms with E-state index in [-0.39, 0.29) is 0 Å². The van der Waals surface area contributed by atoms with E-state index in [1.807, 2.05) is 23.7 Å². The summed E-state index contributed by atoms with van der Waals surface area (Å²) in [7, 11) is 0. The summed E-state index contributed by atoms with van der Waals surface area (Å²) < 4.78 is 31.5. The highest BCUT2D eigenvalue weighted by molar-refractivity contribution is 9.11. The Morgan fingerprint density at radius 1 is 0.426 bits per heavy atom. The number of halogens is 6. The molecule has 0 aliphatic rings. The number of nitrogens with zero attached hydrogens (tertiary/aromatic N) is 11. The normalized spacial score (nSPS) is 12.5. The van der Waals surface area contributed by atoms with Gasteiger partial charge >= 0.3 is 0 Å². The molecule has 0 aliphatic heterocycles. The lowest BCUT2D eigenvalue weighted by molar-refractivity contribution is 0.449. The Morgan fingerprint density at radius 3 is 1.34 bits per heavy atom. The zero-order valence-corrected chi connectivity index (χ0v) is 72.7. The highest BCUT2D eigenvalue weighted by Gasteiger charge is 2.24. The predicted molar refractivity (Wildman–Crippen MR) is 457 cm³/mol. The molecule has 0 radical (unpaired) electrons. The van der Waals surface area contributed by atoms with Crippen molar-refractivity contribution in [2.45, 2.75) is 184 Å². The first-order chi connectivity index (χ1) is 48.9. The molecule has 8 N–H and O–H groups in total. The number of unbranched alkanes of at least 4 members (excludes halogenated alkanes) is 4. The monoisotopic (exact) mass is 1830 g/mol. The topological polar surface area (TPSA) is 246 Å². The maximum Gasteiger partial charge on any atom is 0.158 e. The van der Waals surface area contributed by atoms with Crippen LogP contribution in [0.1, 0.15) is 180 Å². The van der Waals surface area contributed by atoms with Gasteiger partial charge in [-0.25, -0.2) is 9.97 Å². The Bertz CT molecular complexity index is 4240. The highest BCUT2D eigenvalue weighted by atomic mass is 79.9. The summed E-state index contributed by atoms with van der Waals surface area (Å²) >= 11 is 34.0. The van der Waals surface area contributed by atoms with E-state index >= 15 is 0 Å². The van der Waals surface area contributed by atoms with Crippen molar-refractivity contribution in [1.29, 1.82) is 0 Å². The molecule has 0 fully saturated rings. The van der Waals surface area contributed by atoms with Gasteiger partial charge in [0, 0.05) is 51.9 Å². The SMILES string of the molecule is CCCCC(CC)Cc1cc(-c2cnc(-c3cc(CC(CC)CCCC)c(Br)s3)c3nsnc23)sc1Br.CCCCC(CC)Cc1csc(-c2cnc(-c3cc(CC(CC)CCCC)cs3)c3nsnc23)c1.Clc1ncc(Br)c2nsnc12.Nc1c(Br)cnc(Br)c1N.Nc1ccncc1N. The summed E-state index contributed by atoms with van der Waals surface area (Å²) in [6.45, 7) is 18.4. The van der Waals surface area contributed by atoms with E-state index in [1.165, 1.54) is 195 Å². The second-order valence-corrected chi connectivity index (χ2v) is 36.0. The average Bonchev–Trinajstić information content (AvgIpc) is 1.64. The molecule has 0 aliphatic carbocycles. The van der Waals surface area contributed by atoms with E-state index in [9.17, 15) is 0 Å². The fourth-order valence-electron chi connectivity index (χ4n) is 11.5. The molecule has 28 heteroatoms. The lowest BCUT2D eigenvalue weighted by atomic mass is 9.93. The fraction of sp³-hybridized carbons (Fsp3) is 0.438. The summed E-state index contributed by atoms with van der Waals surface area (Å²) in [5, 5.41) is 5.05. The highest BCUT2D eigenvalue weighted by Crippen LogP contribution is 2.45. The van der Waals surface area contributed by atoms with Gasteiger partial charge in [0.1, 0.15) is 49.1 Å². The van der Waals surface area contributed by atoms with Crippen LogP contribution in [-0.2, 0) is 25.7 Å². The summed E-state index contributed by atoms with van der Waals surface area (Å²) in [6.07, 6.45) is 35.5. The van der Waals surface area contributed by atoms with Gasteiger partial charge in [0.2, 0.25) is 0 Å². The number of nitrogen functional groups attached to an aromatic ring is 4. The van der Waals surface area contributed by atoms with E-state index < -0.39 is 0 Å². The minimum atomic E-state index is 0.400. The Hall–Kier alpha value is -4.10. The standard InChI is InChI=1S/C29H37Br2N3S3.C29H39N3S3.C5H5Br2N3.C5HBrClN3S.C5H7N3/c1-5-9-11-18(7-3)13-20-15-23(35-28(20)30)22-17-32-26(27-25(22)33-37-34-27)24-16-21(29(31)36-24)14-19(8-4)12-10-6-2;1-5-9-11-20(7-3)13-22-15-25(33-18-22)24-17-30-28(29-27(24)31-35-32-29)26-16-23(19-34-26)14-21(8-4)12-10-6-2;6-2-1-10-5(7)4(9)3(2)8;6-2-1-8-5(7)4-3(2)9-11-10-4;6-4-1-2-8-3-5(4)7/h15-19H,5-14H2,1-4H3;15-21H,5-14H2,1-4H3;1H,9H2,(H2,8,10);1H;1-3H,7H2,(H2,6,8). The number of rotatable bonds is 28. The zero-order chi connectivity index (χ0) is 72.5. The molecular weight excluding hydrogens is 1750 g/mol. The van der Waals surface area contributed by atoms with E-state index in [2.05, 4.69) is 198 Å². The van der Waals surface area contributed by atoms with Gasteiger partial charge in [-0.3, -0.25) is 15.0 Å². The van der Waals surface area contributed by atoms with E-state index in [0.29, 0.717) is 42.5 Å². The van der Waals surface area contributed by atoms with Crippen LogP contribution in [0.2, 0.25) is 5.15 Å². The second kappa shape index (κ2) is 42.3. The van der Waals surface area contributed by atoms with Gasteiger partial charge < -0.3 is 22.9 Å². The first kappa shape index (κ1) is 82.6. The number of pyridine rings is 5. The molecule has 12 heterocycles. The third-order valence-corrected chi connectivity index (χ3v) is 27.5.